The monoisotopic (exact) mass is 292 g/mol. The maximum atomic E-state index is 4.32. The second-order valence-corrected chi connectivity index (χ2v) is 4.89. The molecule has 1 aliphatic carbocycles. The minimum atomic E-state index is 0.855. The molecule has 1 saturated carbocycles. The van der Waals surface area contributed by atoms with Crippen molar-refractivity contribution in [3.8, 4) is 0 Å². The molecule has 0 N–H and O–H groups in total. The van der Waals surface area contributed by atoms with E-state index in [1.807, 2.05) is 10.7 Å². The minimum absolute atomic E-state index is 0.855. The first-order valence-electron chi connectivity index (χ1n) is 4.14. The SMILES string of the molecule is Brc1cc(Br)n(CC2CCC2)n1. The van der Waals surface area contributed by atoms with Gasteiger partial charge in [0, 0.05) is 12.6 Å². The van der Waals surface area contributed by atoms with Crippen LogP contribution in [0.4, 0.5) is 0 Å². The van der Waals surface area contributed by atoms with Crippen molar-refractivity contribution in [1.82, 2.24) is 9.78 Å². The lowest BCUT2D eigenvalue weighted by atomic mass is 9.85. The van der Waals surface area contributed by atoms with Crippen LogP contribution in [0.15, 0.2) is 15.3 Å². The van der Waals surface area contributed by atoms with Crippen LogP contribution in [0.3, 0.4) is 0 Å². The number of nitrogens with zero attached hydrogens (tertiary/aromatic N) is 2. The molecule has 66 valence electrons. The zero-order valence-corrected chi connectivity index (χ0v) is 9.81. The first-order chi connectivity index (χ1) is 5.75. The van der Waals surface area contributed by atoms with Crippen molar-refractivity contribution in [1.29, 1.82) is 0 Å². The molecule has 1 aliphatic rings. The summed E-state index contributed by atoms with van der Waals surface area (Å²) in [6, 6.07) is 1.98. The molecule has 0 aromatic carbocycles. The lowest BCUT2D eigenvalue weighted by Crippen LogP contribution is -2.18. The molecule has 1 aromatic heterocycles. The maximum Gasteiger partial charge on any atom is 0.129 e. The molecule has 0 saturated heterocycles. The van der Waals surface area contributed by atoms with E-state index in [1.54, 1.807) is 0 Å². The number of halogens is 2. The number of hydrogen-bond donors (Lipinski definition) is 0. The average molecular weight is 294 g/mol. The Hall–Kier alpha value is 0.170. The fraction of sp³-hybridized carbons (Fsp3) is 0.625. The molecule has 2 rings (SSSR count). The van der Waals surface area contributed by atoms with E-state index >= 15 is 0 Å². The van der Waals surface area contributed by atoms with Crippen LogP contribution < -0.4 is 0 Å². The van der Waals surface area contributed by atoms with Gasteiger partial charge in [-0.1, -0.05) is 6.42 Å². The van der Waals surface area contributed by atoms with Gasteiger partial charge in [0.05, 0.1) is 0 Å². The second-order valence-electron chi connectivity index (χ2n) is 3.27. The van der Waals surface area contributed by atoms with Crippen molar-refractivity contribution in [2.75, 3.05) is 0 Å². The Morgan fingerprint density at radius 2 is 2.25 bits per heavy atom. The van der Waals surface area contributed by atoms with Gasteiger partial charge < -0.3 is 0 Å². The lowest BCUT2D eigenvalue weighted by molar-refractivity contribution is 0.264. The van der Waals surface area contributed by atoms with Crippen LogP contribution in [-0.2, 0) is 6.54 Å². The molecule has 4 heteroatoms. The van der Waals surface area contributed by atoms with E-state index in [-0.39, 0.29) is 0 Å². The van der Waals surface area contributed by atoms with Crippen LogP contribution >= 0.6 is 31.9 Å². The maximum absolute atomic E-state index is 4.32. The predicted molar refractivity (Wildman–Crippen MR) is 55.0 cm³/mol. The smallest absolute Gasteiger partial charge is 0.129 e. The highest BCUT2D eigenvalue weighted by molar-refractivity contribution is 9.11. The van der Waals surface area contributed by atoms with Gasteiger partial charge in [-0.15, -0.1) is 0 Å². The van der Waals surface area contributed by atoms with E-state index in [4.69, 9.17) is 0 Å². The van der Waals surface area contributed by atoms with Crippen LogP contribution in [0.5, 0.6) is 0 Å². The highest BCUT2D eigenvalue weighted by Crippen LogP contribution is 2.29. The van der Waals surface area contributed by atoms with E-state index in [1.165, 1.54) is 19.3 Å². The van der Waals surface area contributed by atoms with Gasteiger partial charge in [-0.3, -0.25) is 4.68 Å². The average Bonchev–Trinajstić information content (AvgIpc) is 2.21. The number of rotatable bonds is 2. The number of aromatic nitrogens is 2. The molecular formula is C8H10Br2N2. The summed E-state index contributed by atoms with van der Waals surface area (Å²) in [5, 5.41) is 4.32. The van der Waals surface area contributed by atoms with Crippen molar-refractivity contribution in [2.24, 2.45) is 5.92 Å². The molecule has 0 amide bonds. The Morgan fingerprint density at radius 3 is 2.67 bits per heavy atom. The molecule has 0 spiro atoms. The van der Waals surface area contributed by atoms with Crippen molar-refractivity contribution < 1.29 is 0 Å². The standard InChI is InChI=1S/C8H10Br2N2/c9-7-4-8(10)12(11-7)5-6-2-1-3-6/h4,6H,1-3,5H2. The summed E-state index contributed by atoms with van der Waals surface area (Å²) in [7, 11) is 0. The summed E-state index contributed by atoms with van der Waals surface area (Å²) in [5.41, 5.74) is 0. The summed E-state index contributed by atoms with van der Waals surface area (Å²) < 4.78 is 4.00. The molecule has 1 heterocycles. The predicted octanol–water partition coefficient (Wildman–Crippen LogP) is 3.21. The van der Waals surface area contributed by atoms with Crippen LogP contribution in [0, 0.1) is 5.92 Å². The summed E-state index contributed by atoms with van der Waals surface area (Å²) in [6.45, 7) is 1.06. The summed E-state index contributed by atoms with van der Waals surface area (Å²) >= 11 is 6.82. The van der Waals surface area contributed by atoms with Gasteiger partial charge in [-0.25, -0.2) is 0 Å². The van der Waals surface area contributed by atoms with E-state index in [9.17, 15) is 0 Å². The molecule has 1 aromatic rings. The largest absolute Gasteiger partial charge is 0.257 e. The third-order valence-electron chi connectivity index (χ3n) is 2.36. The van der Waals surface area contributed by atoms with Gasteiger partial charge in [0.2, 0.25) is 0 Å². The molecule has 0 unspecified atom stereocenters. The van der Waals surface area contributed by atoms with Crippen molar-refractivity contribution >= 4 is 31.9 Å². The lowest BCUT2D eigenvalue weighted by Gasteiger charge is -2.25. The Morgan fingerprint density at radius 1 is 1.50 bits per heavy atom. The highest BCUT2D eigenvalue weighted by Gasteiger charge is 2.19. The second kappa shape index (κ2) is 3.50. The zero-order chi connectivity index (χ0) is 8.55. The van der Waals surface area contributed by atoms with Crippen LogP contribution in [0.2, 0.25) is 0 Å². The molecule has 0 atom stereocenters. The Kier molecular flexibility index (Phi) is 2.55. The molecular weight excluding hydrogens is 284 g/mol. The zero-order valence-electron chi connectivity index (χ0n) is 6.63. The minimum Gasteiger partial charge on any atom is -0.257 e. The molecule has 2 nitrogen and oxygen atoms in total. The van der Waals surface area contributed by atoms with Gasteiger partial charge >= 0.3 is 0 Å². The number of hydrogen-bond acceptors (Lipinski definition) is 1. The summed E-state index contributed by atoms with van der Waals surface area (Å²) in [6.07, 6.45) is 4.12. The van der Waals surface area contributed by atoms with Crippen LogP contribution in [0.25, 0.3) is 0 Å². The first kappa shape index (κ1) is 8.75. The van der Waals surface area contributed by atoms with E-state index in [0.29, 0.717) is 0 Å². The van der Waals surface area contributed by atoms with E-state index in [2.05, 4.69) is 37.0 Å². The fourth-order valence-corrected chi connectivity index (χ4v) is 2.57. The van der Waals surface area contributed by atoms with Crippen LogP contribution in [-0.4, -0.2) is 9.78 Å². The highest BCUT2D eigenvalue weighted by atomic mass is 79.9. The van der Waals surface area contributed by atoms with Crippen molar-refractivity contribution in [2.45, 2.75) is 25.8 Å². The molecule has 0 radical (unpaired) electrons. The first-order valence-corrected chi connectivity index (χ1v) is 5.73. The van der Waals surface area contributed by atoms with Gasteiger partial charge in [0.1, 0.15) is 9.21 Å². The normalized spacial score (nSPS) is 17.8. The van der Waals surface area contributed by atoms with E-state index in [0.717, 1.165) is 21.7 Å². The van der Waals surface area contributed by atoms with Crippen LogP contribution in [0.1, 0.15) is 19.3 Å². The quantitative estimate of drug-likeness (QED) is 0.819. The van der Waals surface area contributed by atoms with Gasteiger partial charge in [-0.05, 0) is 50.6 Å². The van der Waals surface area contributed by atoms with Crippen molar-refractivity contribution in [3.63, 3.8) is 0 Å². The van der Waals surface area contributed by atoms with Gasteiger partial charge in [0.15, 0.2) is 0 Å². The molecule has 1 fully saturated rings. The van der Waals surface area contributed by atoms with Crippen molar-refractivity contribution in [3.05, 3.63) is 15.3 Å². The third-order valence-corrected chi connectivity index (χ3v) is 3.38. The van der Waals surface area contributed by atoms with Gasteiger partial charge in [0.25, 0.3) is 0 Å². The fourth-order valence-electron chi connectivity index (χ4n) is 1.41. The molecule has 12 heavy (non-hydrogen) atoms. The summed E-state index contributed by atoms with van der Waals surface area (Å²) in [4.78, 5) is 0. The molecule has 0 bridgehead atoms. The third kappa shape index (κ3) is 1.74. The van der Waals surface area contributed by atoms with Gasteiger partial charge in [-0.2, -0.15) is 5.10 Å². The summed E-state index contributed by atoms with van der Waals surface area (Å²) in [5.74, 6) is 0.855. The Bertz CT molecular complexity index is 279. The Labute approximate surface area is 88.6 Å². The topological polar surface area (TPSA) is 17.8 Å². The molecule has 0 aliphatic heterocycles. The van der Waals surface area contributed by atoms with E-state index < -0.39 is 0 Å². The Balaban J connectivity index is 2.05.